The molecule has 0 radical (unpaired) electrons. The average molecular weight is 249 g/mol. The molecule has 96 valence electrons. The van der Waals surface area contributed by atoms with Crippen molar-refractivity contribution in [2.45, 2.75) is 37.8 Å². The molecule has 3 N–H and O–H groups in total. The van der Waals surface area contributed by atoms with Crippen molar-refractivity contribution in [3.63, 3.8) is 0 Å². The minimum Gasteiger partial charge on any atom is -0.472 e. The van der Waals surface area contributed by atoms with Crippen molar-refractivity contribution in [2.24, 2.45) is 5.73 Å². The molecule has 0 aromatic carbocycles. The Hall–Kier alpha value is -1.89. The molecule has 0 saturated heterocycles. The van der Waals surface area contributed by atoms with Gasteiger partial charge in [0, 0.05) is 12.1 Å². The van der Waals surface area contributed by atoms with Gasteiger partial charge in [-0.15, -0.1) is 5.10 Å². The second-order valence-electron chi connectivity index (χ2n) is 4.57. The molecule has 1 aliphatic carbocycles. The van der Waals surface area contributed by atoms with E-state index in [1.165, 1.54) is 4.52 Å². The predicted molar refractivity (Wildman–Crippen MR) is 64.5 cm³/mol. The standard InChI is InChI=1S/C11H15N5O2/c12-7-3-1-2-4-8(7)18-10-6-5-9-13-14-11(17)16(9)15-10/h5-8H,1-4,12H2,(H,14,17). The first-order valence-corrected chi connectivity index (χ1v) is 6.11. The Balaban J connectivity index is 1.85. The van der Waals surface area contributed by atoms with Crippen LogP contribution in [0.3, 0.4) is 0 Å². The summed E-state index contributed by atoms with van der Waals surface area (Å²) in [4.78, 5) is 11.4. The molecule has 0 bridgehead atoms. The van der Waals surface area contributed by atoms with Gasteiger partial charge in [-0.05, 0) is 25.3 Å². The number of nitrogens with one attached hydrogen (secondary N) is 1. The van der Waals surface area contributed by atoms with E-state index < -0.39 is 0 Å². The lowest BCUT2D eigenvalue weighted by molar-refractivity contribution is 0.125. The lowest BCUT2D eigenvalue weighted by atomic mass is 9.93. The zero-order valence-corrected chi connectivity index (χ0v) is 9.87. The lowest BCUT2D eigenvalue weighted by Crippen LogP contribution is -2.41. The van der Waals surface area contributed by atoms with Crippen LogP contribution in [0.5, 0.6) is 5.88 Å². The smallest absolute Gasteiger partial charge is 0.364 e. The second-order valence-corrected chi connectivity index (χ2v) is 4.57. The Kier molecular flexibility index (Phi) is 2.75. The molecule has 7 heteroatoms. The molecule has 0 spiro atoms. The van der Waals surface area contributed by atoms with Crippen LogP contribution in [-0.2, 0) is 0 Å². The molecule has 2 aromatic rings. The number of fused-ring (bicyclic) bond motifs is 1. The van der Waals surface area contributed by atoms with Gasteiger partial charge in [0.2, 0.25) is 5.88 Å². The van der Waals surface area contributed by atoms with Crippen molar-refractivity contribution in [1.29, 1.82) is 0 Å². The number of H-pyrrole nitrogens is 1. The van der Waals surface area contributed by atoms with E-state index in [1.807, 2.05) is 0 Å². The molecule has 1 aliphatic rings. The topological polar surface area (TPSA) is 98.3 Å². The minimum absolute atomic E-state index is 0.0219. The zero-order chi connectivity index (χ0) is 12.5. The molecular formula is C11H15N5O2. The van der Waals surface area contributed by atoms with Crippen molar-refractivity contribution in [3.05, 3.63) is 22.6 Å². The van der Waals surface area contributed by atoms with Crippen LogP contribution in [0.15, 0.2) is 16.9 Å². The van der Waals surface area contributed by atoms with E-state index in [9.17, 15) is 4.79 Å². The number of nitrogens with two attached hydrogens (primary N) is 1. The normalized spacial score (nSPS) is 24.3. The third-order valence-corrected chi connectivity index (χ3v) is 3.27. The third kappa shape index (κ3) is 1.97. The highest BCUT2D eigenvalue weighted by atomic mass is 16.5. The number of aromatic amines is 1. The second kappa shape index (κ2) is 4.41. The summed E-state index contributed by atoms with van der Waals surface area (Å²) < 4.78 is 6.95. The van der Waals surface area contributed by atoms with Crippen LogP contribution in [0.2, 0.25) is 0 Å². The van der Waals surface area contributed by atoms with Gasteiger partial charge in [-0.1, -0.05) is 6.42 Å². The van der Waals surface area contributed by atoms with Crippen LogP contribution in [-0.4, -0.2) is 32.0 Å². The molecule has 3 rings (SSSR count). The SMILES string of the molecule is NC1CCCCC1Oc1ccc2n[nH]c(=O)n2n1. The van der Waals surface area contributed by atoms with Crippen LogP contribution in [0.25, 0.3) is 5.65 Å². The van der Waals surface area contributed by atoms with Crippen LogP contribution in [0.4, 0.5) is 0 Å². The van der Waals surface area contributed by atoms with Gasteiger partial charge in [0.1, 0.15) is 6.10 Å². The van der Waals surface area contributed by atoms with Crippen LogP contribution < -0.4 is 16.2 Å². The summed E-state index contributed by atoms with van der Waals surface area (Å²) in [5.74, 6) is 0.411. The van der Waals surface area contributed by atoms with Crippen molar-refractivity contribution in [1.82, 2.24) is 19.8 Å². The fraction of sp³-hybridized carbons (Fsp3) is 0.545. The Bertz CT molecular complexity index is 605. The maximum Gasteiger partial charge on any atom is 0.364 e. The van der Waals surface area contributed by atoms with Gasteiger partial charge in [0.15, 0.2) is 5.65 Å². The number of nitrogens with zero attached hydrogens (tertiary/aromatic N) is 3. The van der Waals surface area contributed by atoms with Gasteiger partial charge < -0.3 is 10.5 Å². The molecule has 2 heterocycles. The third-order valence-electron chi connectivity index (χ3n) is 3.27. The molecule has 1 saturated carbocycles. The van der Waals surface area contributed by atoms with E-state index in [1.54, 1.807) is 12.1 Å². The largest absolute Gasteiger partial charge is 0.472 e. The van der Waals surface area contributed by atoms with E-state index in [-0.39, 0.29) is 17.8 Å². The molecule has 0 amide bonds. The molecule has 1 fully saturated rings. The van der Waals surface area contributed by atoms with Gasteiger partial charge in [0.25, 0.3) is 0 Å². The minimum atomic E-state index is -0.372. The summed E-state index contributed by atoms with van der Waals surface area (Å²) in [6, 6.07) is 3.43. The van der Waals surface area contributed by atoms with Gasteiger partial charge in [-0.25, -0.2) is 9.89 Å². The van der Waals surface area contributed by atoms with Gasteiger partial charge in [-0.2, -0.15) is 9.61 Å². The highest BCUT2D eigenvalue weighted by Crippen LogP contribution is 2.21. The highest BCUT2D eigenvalue weighted by molar-refractivity contribution is 5.35. The number of hydrogen-bond acceptors (Lipinski definition) is 5. The molecule has 7 nitrogen and oxygen atoms in total. The van der Waals surface area contributed by atoms with Crippen LogP contribution in [0, 0.1) is 0 Å². The fourth-order valence-corrected chi connectivity index (χ4v) is 2.28. The van der Waals surface area contributed by atoms with Crippen molar-refractivity contribution in [3.8, 4) is 5.88 Å². The van der Waals surface area contributed by atoms with E-state index in [0.29, 0.717) is 11.5 Å². The maximum absolute atomic E-state index is 11.4. The Morgan fingerprint density at radius 3 is 3.06 bits per heavy atom. The Labute approximate surface area is 103 Å². The molecule has 2 unspecified atom stereocenters. The van der Waals surface area contributed by atoms with Crippen molar-refractivity contribution < 1.29 is 4.74 Å². The molecule has 2 atom stereocenters. The quantitative estimate of drug-likeness (QED) is 0.784. The average Bonchev–Trinajstić information content (AvgIpc) is 2.74. The first-order chi connectivity index (χ1) is 8.74. The molecule has 0 aliphatic heterocycles. The van der Waals surface area contributed by atoms with Crippen LogP contribution in [0.1, 0.15) is 25.7 Å². The number of ether oxygens (including phenoxy) is 1. The van der Waals surface area contributed by atoms with Gasteiger partial charge in [-0.3, -0.25) is 0 Å². The maximum atomic E-state index is 11.4. The first kappa shape index (κ1) is 11.2. The summed E-state index contributed by atoms with van der Waals surface area (Å²) >= 11 is 0. The first-order valence-electron chi connectivity index (χ1n) is 6.11. The molecular weight excluding hydrogens is 234 g/mol. The van der Waals surface area contributed by atoms with Gasteiger partial charge in [0.05, 0.1) is 0 Å². The fourth-order valence-electron chi connectivity index (χ4n) is 2.28. The van der Waals surface area contributed by atoms with E-state index in [0.717, 1.165) is 25.7 Å². The Morgan fingerprint density at radius 1 is 1.39 bits per heavy atom. The number of aromatic nitrogens is 4. The highest BCUT2D eigenvalue weighted by Gasteiger charge is 2.23. The molecule has 18 heavy (non-hydrogen) atoms. The summed E-state index contributed by atoms with van der Waals surface area (Å²) in [5, 5.41) is 10.2. The predicted octanol–water partition coefficient (Wildman–Crippen LogP) is 0.0663. The summed E-state index contributed by atoms with van der Waals surface area (Å²) in [7, 11) is 0. The van der Waals surface area contributed by atoms with Crippen LogP contribution >= 0.6 is 0 Å². The lowest BCUT2D eigenvalue weighted by Gasteiger charge is -2.28. The van der Waals surface area contributed by atoms with Gasteiger partial charge >= 0.3 is 5.69 Å². The number of rotatable bonds is 2. The molecule has 2 aromatic heterocycles. The van der Waals surface area contributed by atoms with E-state index >= 15 is 0 Å². The zero-order valence-electron chi connectivity index (χ0n) is 9.87. The van der Waals surface area contributed by atoms with Crippen molar-refractivity contribution >= 4 is 5.65 Å². The monoisotopic (exact) mass is 249 g/mol. The summed E-state index contributed by atoms with van der Waals surface area (Å²) in [6.07, 6.45) is 4.15. The van der Waals surface area contributed by atoms with E-state index in [4.69, 9.17) is 10.5 Å². The summed E-state index contributed by atoms with van der Waals surface area (Å²) in [5.41, 5.74) is 6.11. The Morgan fingerprint density at radius 2 is 2.22 bits per heavy atom. The van der Waals surface area contributed by atoms with Crippen molar-refractivity contribution in [2.75, 3.05) is 0 Å². The number of hydrogen-bond donors (Lipinski definition) is 2. The van der Waals surface area contributed by atoms with E-state index in [2.05, 4.69) is 15.3 Å². The summed E-state index contributed by atoms with van der Waals surface area (Å²) in [6.45, 7) is 0.